The molecule has 5 nitrogen and oxygen atoms in total. The summed E-state index contributed by atoms with van der Waals surface area (Å²) in [7, 11) is 1.33. The van der Waals surface area contributed by atoms with Gasteiger partial charge in [0, 0.05) is 6.20 Å². The Bertz CT molecular complexity index is 522. The van der Waals surface area contributed by atoms with Crippen LogP contribution in [-0.2, 0) is 16.0 Å². The maximum Gasteiger partial charge on any atom is 0.311 e. The molecule has 17 heavy (non-hydrogen) atoms. The highest BCUT2D eigenvalue weighted by atomic mass is 35.5. The third kappa shape index (κ3) is 2.82. The van der Waals surface area contributed by atoms with E-state index in [4.69, 9.17) is 16.0 Å². The van der Waals surface area contributed by atoms with E-state index in [-0.39, 0.29) is 12.4 Å². The van der Waals surface area contributed by atoms with Gasteiger partial charge in [0.1, 0.15) is 11.4 Å². The van der Waals surface area contributed by atoms with Gasteiger partial charge < -0.3 is 9.15 Å². The van der Waals surface area contributed by atoms with Crippen LogP contribution in [0.1, 0.15) is 5.69 Å². The van der Waals surface area contributed by atoms with Crippen molar-refractivity contribution >= 4 is 17.6 Å². The summed E-state index contributed by atoms with van der Waals surface area (Å²) < 4.78 is 9.77. The van der Waals surface area contributed by atoms with Crippen molar-refractivity contribution < 1.29 is 13.9 Å². The van der Waals surface area contributed by atoms with Gasteiger partial charge in [-0.05, 0) is 12.1 Å². The number of halogens is 1. The summed E-state index contributed by atoms with van der Waals surface area (Å²) in [4.78, 5) is 19.1. The van der Waals surface area contributed by atoms with Crippen LogP contribution in [0.15, 0.2) is 29.0 Å². The molecule has 2 heterocycles. The maximum atomic E-state index is 11.0. The molecule has 6 heteroatoms. The van der Waals surface area contributed by atoms with Crippen molar-refractivity contribution in [2.75, 3.05) is 7.11 Å². The first kappa shape index (κ1) is 11.6. The first-order valence-corrected chi connectivity index (χ1v) is 5.20. The van der Waals surface area contributed by atoms with Crippen molar-refractivity contribution in [2.24, 2.45) is 0 Å². The molecule has 0 aliphatic carbocycles. The van der Waals surface area contributed by atoms with Crippen LogP contribution < -0.4 is 0 Å². The van der Waals surface area contributed by atoms with Crippen molar-refractivity contribution in [2.45, 2.75) is 6.42 Å². The van der Waals surface area contributed by atoms with Crippen molar-refractivity contribution in [1.29, 1.82) is 0 Å². The fourth-order valence-electron chi connectivity index (χ4n) is 1.24. The van der Waals surface area contributed by atoms with E-state index >= 15 is 0 Å². The van der Waals surface area contributed by atoms with E-state index < -0.39 is 0 Å². The minimum Gasteiger partial charge on any atom is -0.469 e. The predicted molar refractivity (Wildman–Crippen MR) is 60.5 cm³/mol. The summed E-state index contributed by atoms with van der Waals surface area (Å²) in [6.07, 6.45) is 3.05. The molecule has 0 aliphatic heterocycles. The van der Waals surface area contributed by atoms with Gasteiger partial charge in [-0.2, -0.15) is 0 Å². The van der Waals surface area contributed by atoms with Crippen LogP contribution in [0.5, 0.6) is 0 Å². The molecule has 0 fully saturated rings. The van der Waals surface area contributed by atoms with Gasteiger partial charge >= 0.3 is 5.97 Å². The number of rotatable bonds is 3. The first-order valence-electron chi connectivity index (χ1n) is 4.82. The Morgan fingerprint density at radius 1 is 1.53 bits per heavy atom. The van der Waals surface area contributed by atoms with E-state index in [0.29, 0.717) is 22.3 Å². The number of aromatic nitrogens is 2. The lowest BCUT2D eigenvalue weighted by molar-refractivity contribution is -0.139. The number of oxazole rings is 1. The number of hydrogen-bond donors (Lipinski definition) is 0. The van der Waals surface area contributed by atoms with Gasteiger partial charge in [0.15, 0.2) is 0 Å². The standard InChI is InChI=1S/C11H9ClN2O3/c1-16-10(15)4-8-6-17-11(14-8)7-2-3-9(12)13-5-7/h2-3,5-6H,4H2,1H3. The van der Waals surface area contributed by atoms with Gasteiger partial charge in [0.2, 0.25) is 5.89 Å². The zero-order valence-corrected chi connectivity index (χ0v) is 9.77. The molecular weight excluding hydrogens is 244 g/mol. The van der Waals surface area contributed by atoms with Gasteiger partial charge in [-0.3, -0.25) is 4.79 Å². The predicted octanol–water partition coefficient (Wildman–Crippen LogP) is 2.11. The lowest BCUT2D eigenvalue weighted by Gasteiger charge is -1.94. The highest BCUT2D eigenvalue weighted by Gasteiger charge is 2.10. The van der Waals surface area contributed by atoms with Crippen LogP contribution in [-0.4, -0.2) is 23.0 Å². The Morgan fingerprint density at radius 2 is 2.35 bits per heavy atom. The summed E-state index contributed by atoms with van der Waals surface area (Å²) >= 11 is 5.67. The van der Waals surface area contributed by atoms with E-state index in [1.54, 1.807) is 18.3 Å². The minimum absolute atomic E-state index is 0.0843. The van der Waals surface area contributed by atoms with Crippen LogP contribution in [0.3, 0.4) is 0 Å². The molecule has 0 radical (unpaired) electrons. The molecule has 0 aromatic carbocycles. The second kappa shape index (κ2) is 4.97. The second-order valence-corrected chi connectivity index (χ2v) is 3.65. The minimum atomic E-state index is -0.362. The monoisotopic (exact) mass is 252 g/mol. The lowest BCUT2D eigenvalue weighted by Crippen LogP contribution is -2.04. The van der Waals surface area contributed by atoms with Gasteiger partial charge in [-0.15, -0.1) is 0 Å². The molecule has 88 valence electrons. The van der Waals surface area contributed by atoms with Gasteiger partial charge in [-0.1, -0.05) is 11.6 Å². The number of methoxy groups -OCH3 is 1. The molecule has 2 aromatic rings. The normalized spacial score (nSPS) is 10.2. The van der Waals surface area contributed by atoms with Crippen molar-refractivity contribution in [1.82, 2.24) is 9.97 Å². The van der Waals surface area contributed by atoms with E-state index in [9.17, 15) is 4.79 Å². The SMILES string of the molecule is COC(=O)Cc1coc(-c2ccc(Cl)nc2)n1. The van der Waals surface area contributed by atoms with E-state index in [1.807, 2.05) is 0 Å². The Kier molecular flexibility index (Phi) is 3.39. The highest BCUT2D eigenvalue weighted by Crippen LogP contribution is 2.19. The number of ether oxygens (including phenoxy) is 1. The molecule has 0 aliphatic rings. The highest BCUT2D eigenvalue weighted by molar-refractivity contribution is 6.29. The summed E-state index contributed by atoms with van der Waals surface area (Å²) in [5.41, 5.74) is 1.22. The summed E-state index contributed by atoms with van der Waals surface area (Å²) in [6.45, 7) is 0. The first-order chi connectivity index (χ1) is 8.19. The number of pyridine rings is 1. The topological polar surface area (TPSA) is 65.2 Å². The maximum absolute atomic E-state index is 11.0. The quantitative estimate of drug-likeness (QED) is 0.618. The lowest BCUT2D eigenvalue weighted by atomic mass is 10.3. The van der Waals surface area contributed by atoms with Gasteiger partial charge in [-0.25, -0.2) is 9.97 Å². The van der Waals surface area contributed by atoms with Crippen molar-refractivity contribution in [3.8, 4) is 11.5 Å². The number of carbonyl (C=O) groups is 1. The molecule has 0 unspecified atom stereocenters. The second-order valence-electron chi connectivity index (χ2n) is 3.27. The van der Waals surface area contributed by atoms with E-state index in [0.717, 1.165) is 0 Å². The average molecular weight is 253 g/mol. The molecule has 2 aromatic heterocycles. The van der Waals surface area contributed by atoms with Crippen LogP contribution in [0.2, 0.25) is 5.15 Å². The summed E-state index contributed by atoms with van der Waals surface area (Å²) in [5, 5.41) is 0.398. The number of carbonyl (C=O) groups excluding carboxylic acids is 1. The largest absolute Gasteiger partial charge is 0.469 e. The fourth-order valence-corrected chi connectivity index (χ4v) is 1.35. The summed E-state index contributed by atoms with van der Waals surface area (Å²) in [6, 6.07) is 3.38. The van der Waals surface area contributed by atoms with Crippen molar-refractivity contribution in [3.05, 3.63) is 35.4 Å². The fraction of sp³-hybridized carbons (Fsp3) is 0.182. The van der Waals surface area contributed by atoms with Gasteiger partial charge in [0.05, 0.1) is 24.8 Å². The third-order valence-corrected chi connectivity index (χ3v) is 2.30. The van der Waals surface area contributed by atoms with Crippen LogP contribution in [0.25, 0.3) is 11.5 Å². The van der Waals surface area contributed by atoms with Gasteiger partial charge in [0.25, 0.3) is 0 Å². The van der Waals surface area contributed by atoms with E-state index in [1.165, 1.54) is 13.4 Å². The molecule has 0 saturated heterocycles. The molecule has 0 bridgehead atoms. The Morgan fingerprint density at radius 3 is 3.00 bits per heavy atom. The molecule has 0 saturated carbocycles. The molecule has 0 atom stereocenters. The Hall–Kier alpha value is -1.88. The molecule has 0 spiro atoms. The van der Waals surface area contributed by atoms with Crippen molar-refractivity contribution in [3.63, 3.8) is 0 Å². The zero-order chi connectivity index (χ0) is 12.3. The smallest absolute Gasteiger partial charge is 0.311 e. The van der Waals surface area contributed by atoms with Crippen LogP contribution in [0, 0.1) is 0 Å². The Balaban J connectivity index is 2.18. The molecule has 2 rings (SSSR count). The van der Waals surface area contributed by atoms with Crippen LogP contribution >= 0.6 is 11.6 Å². The van der Waals surface area contributed by atoms with Crippen LogP contribution in [0.4, 0.5) is 0 Å². The zero-order valence-electron chi connectivity index (χ0n) is 9.01. The number of nitrogens with zero attached hydrogens (tertiary/aromatic N) is 2. The molecular formula is C11H9ClN2O3. The third-order valence-electron chi connectivity index (χ3n) is 2.08. The Labute approximate surface area is 102 Å². The number of hydrogen-bond acceptors (Lipinski definition) is 5. The number of esters is 1. The molecule has 0 amide bonds. The average Bonchev–Trinajstić information content (AvgIpc) is 2.78. The summed E-state index contributed by atoms with van der Waals surface area (Å²) in [5.74, 6) is 0.0344. The molecule has 0 N–H and O–H groups in total. The van der Waals surface area contributed by atoms with E-state index in [2.05, 4.69) is 14.7 Å².